The average Bonchev–Trinajstić information content (AvgIpc) is 2.57. The van der Waals surface area contributed by atoms with E-state index >= 15 is 0 Å². The summed E-state index contributed by atoms with van der Waals surface area (Å²) in [5, 5.41) is 8.04. The first-order chi connectivity index (χ1) is 6.89. The molecule has 1 aromatic heterocycles. The highest BCUT2D eigenvalue weighted by molar-refractivity contribution is 5.06. The van der Waals surface area contributed by atoms with Gasteiger partial charge in [0.1, 0.15) is 0 Å². The predicted molar refractivity (Wildman–Crippen MR) is 59.3 cm³/mol. The molecule has 0 aromatic carbocycles. The van der Waals surface area contributed by atoms with Crippen LogP contribution in [0.1, 0.15) is 38.8 Å². The molecule has 84 valence electrons. The van der Waals surface area contributed by atoms with Gasteiger partial charge in [-0.1, -0.05) is 19.1 Å². The van der Waals surface area contributed by atoms with Crippen LogP contribution in [0.5, 0.6) is 0 Å². The first-order valence-electron chi connectivity index (χ1n) is 5.53. The lowest BCUT2D eigenvalue weighted by atomic mass is 9.86. The molecule has 0 bridgehead atoms. The minimum atomic E-state index is -0.0699. The first kappa shape index (κ1) is 10.6. The van der Waals surface area contributed by atoms with Crippen LogP contribution in [0.2, 0.25) is 0 Å². The second kappa shape index (κ2) is 3.30. The zero-order chi connectivity index (χ0) is 11.1. The lowest BCUT2D eigenvalue weighted by Gasteiger charge is -2.25. The summed E-state index contributed by atoms with van der Waals surface area (Å²) >= 11 is 0. The summed E-state index contributed by atoms with van der Waals surface area (Å²) in [7, 11) is 1.89. The van der Waals surface area contributed by atoms with Gasteiger partial charge >= 0.3 is 0 Å². The van der Waals surface area contributed by atoms with Gasteiger partial charge < -0.3 is 5.73 Å². The molecule has 2 N–H and O–H groups in total. The molecule has 1 aromatic rings. The van der Waals surface area contributed by atoms with Crippen LogP contribution in [0.15, 0.2) is 6.20 Å². The summed E-state index contributed by atoms with van der Waals surface area (Å²) in [6.07, 6.45) is 6.20. The number of nitrogens with zero attached hydrogens (tertiary/aromatic N) is 3. The van der Waals surface area contributed by atoms with Crippen molar-refractivity contribution in [1.82, 2.24) is 15.0 Å². The van der Waals surface area contributed by atoms with E-state index in [4.69, 9.17) is 5.73 Å². The SMILES string of the molecule is Cn1cc(CC2(N)CCC(C)(C)C2)nn1. The fourth-order valence-electron chi connectivity index (χ4n) is 2.71. The van der Waals surface area contributed by atoms with Crippen molar-refractivity contribution in [2.75, 3.05) is 0 Å². The molecule has 1 aliphatic carbocycles. The van der Waals surface area contributed by atoms with Gasteiger partial charge in [-0.05, 0) is 24.7 Å². The summed E-state index contributed by atoms with van der Waals surface area (Å²) in [6.45, 7) is 4.58. The largest absolute Gasteiger partial charge is 0.325 e. The Morgan fingerprint density at radius 2 is 2.20 bits per heavy atom. The number of aromatic nitrogens is 3. The first-order valence-corrected chi connectivity index (χ1v) is 5.53. The van der Waals surface area contributed by atoms with E-state index in [1.807, 2.05) is 13.2 Å². The number of hydrogen-bond donors (Lipinski definition) is 1. The van der Waals surface area contributed by atoms with Crippen molar-refractivity contribution in [3.05, 3.63) is 11.9 Å². The van der Waals surface area contributed by atoms with Gasteiger partial charge in [0.25, 0.3) is 0 Å². The third-order valence-electron chi connectivity index (χ3n) is 3.31. The lowest BCUT2D eigenvalue weighted by molar-refractivity contribution is 0.333. The molecule has 1 heterocycles. The third kappa shape index (κ3) is 2.37. The fourth-order valence-corrected chi connectivity index (χ4v) is 2.71. The second-order valence-electron chi connectivity index (χ2n) is 5.76. The molecule has 0 saturated heterocycles. The Morgan fingerprint density at radius 1 is 1.47 bits per heavy atom. The van der Waals surface area contributed by atoms with E-state index in [0.29, 0.717) is 5.41 Å². The van der Waals surface area contributed by atoms with Gasteiger partial charge in [-0.15, -0.1) is 5.10 Å². The summed E-state index contributed by atoms with van der Waals surface area (Å²) in [4.78, 5) is 0. The molecule has 15 heavy (non-hydrogen) atoms. The van der Waals surface area contributed by atoms with E-state index in [-0.39, 0.29) is 5.54 Å². The Bertz CT molecular complexity index is 355. The highest BCUT2D eigenvalue weighted by Crippen LogP contribution is 2.43. The Kier molecular flexibility index (Phi) is 2.34. The quantitative estimate of drug-likeness (QED) is 0.796. The van der Waals surface area contributed by atoms with Crippen LogP contribution in [-0.2, 0) is 13.5 Å². The van der Waals surface area contributed by atoms with Crippen LogP contribution in [0.25, 0.3) is 0 Å². The maximum Gasteiger partial charge on any atom is 0.0845 e. The number of hydrogen-bond acceptors (Lipinski definition) is 3. The molecule has 1 saturated carbocycles. The zero-order valence-electron chi connectivity index (χ0n) is 9.82. The van der Waals surface area contributed by atoms with Crippen LogP contribution in [0.4, 0.5) is 0 Å². The molecule has 0 spiro atoms. The molecule has 1 unspecified atom stereocenters. The summed E-state index contributed by atoms with van der Waals surface area (Å²) < 4.78 is 1.73. The third-order valence-corrected chi connectivity index (χ3v) is 3.31. The highest BCUT2D eigenvalue weighted by Gasteiger charge is 2.40. The second-order valence-corrected chi connectivity index (χ2v) is 5.76. The maximum absolute atomic E-state index is 6.40. The Labute approximate surface area is 90.8 Å². The van der Waals surface area contributed by atoms with Gasteiger partial charge in [0.05, 0.1) is 5.69 Å². The van der Waals surface area contributed by atoms with Crippen LogP contribution >= 0.6 is 0 Å². The molecule has 0 amide bonds. The molecular weight excluding hydrogens is 188 g/mol. The van der Waals surface area contributed by atoms with E-state index in [2.05, 4.69) is 24.2 Å². The van der Waals surface area contributed by atoms with Crippen molar-refractivity contribution in [2.24, 2.45) is 18.2 Å². The standard InChI is InChI=1S/C11H20N4/c1-10(2)4-5-11(12,8-10)6-9-7-15(3)14-13-9/h7H,4-6,8,12H2,1-3H3. The van der Waals surface area contributed by atoms with Gasteiger partial charge in [0.2, 0.25) is 0 Å². The van der Waals surface area contributed by atoms with Crippen LogP contribution in [-0.4, -0.2) is 20.5 Å². The molecule has 4 nitrogen and oxygen atoms in total. The Balaban J connectivity index is 2.06. The minimum absolute atomic E-state index is 0.0699. The van der Waals surface area contributed by atoms with Crippen molar-refractivity contribution in [3.63, 3.8) is 0 Å². The monoisotopic (exact) mass is 208 g/mol. The van der Waals surface area contributed by atoms with Crippen LogP contribution in [0.3, 0.4) is 0 Å². The predicted octanol–water partition coefficient (Wildman–Crippen LogP) is 1.27. The maximum atomic E-state index is 6.40. The molecule has 4 heteroatoms. The topological polar surface area (TPSA) is 56.7 Å². The van der Waals surface area contributed by atoms with Crippen molar-refractivity contribution in [3.8, 4) is 0 Å². The van der Waals surface area contributed by atoms with Crippen molar-refractivity contribution >= 4 is 0 Å². The number of aryl methyl sites for hydroxylation is 1. The van der Waals surface area contributed by atoms with E-state index in [1.165, 1.54) is 6.42 Å². The lowest BCUT2D eigenvalue weighted by Crippen LogP contribution is -2.40. The van der Waals surface area contributed by atoms with Crippen LogP contribution < -0.4 is 5.73 Å². The van der Waals surface area contributed by atoms with Gasteiger partial charge in [0, 0.05) is 25.2 Å². The molecular formula is C11H20N4. The van der Waals surface area contributed by atoms with Gasteiger partial charge in [-0.25, -0.2) is 0 Å². The van der Waals surface area contributed by atoms with Crippen molar-refractivity contribution in [2.45, 2.75) is 45.1 Å². The molecule has 0 aliphatic heterocycles. The molecule has 0 radical (unpaired) electrons. The van der Waals surface area contributed by atoms with E-state index in [9.17, 15) is 0 Å². The van der Waals surface area contributed by atoms with Gasteiger partial charge in [-0.2, -0.15) is 0 Å². The summed E-state index contributed by atoms with van der Waals surface area (Å²) in [5.74, 6) is 0. The molecule has 1 fully saturated rings. The minimum Gasteiger partial charge on any atom is -0.325 e. The van der Waals surface area contributed by atoms with E-state index in [0.717, 1.165) is 25.0 Å². The van der Waals surface area contributed by atoms with Crippen molar-refractivity contribution in [1.29, 1.82) is 0 Å². The number of rotatable bonds is 2. The summed E-state index contributed by atoms with van der Waals surface area (Å²) in [6, 6.07) is 0. The normalized spacial score (nSPS) is 29.6. The fraction of sp³-hybridized carbons (Fsp3) is 0.818. The van der Waals surface area contributed by atoms with E-state index < -0.39 is 0 Å². The van der Waals surface area contributed by atoms with Gasteiger partial charge in [0.15, 0.2) is 0 Å². The van der Waals surface area contributed by atoms with E-state index in [1.54, 1.807) is 4.68 Å². The molecule has 1 atom stereocenters. The highest BCUT2D eigenvalue weighted by atomic mass is 15.4. The van der Waals surface area contributed by atoms with Crippen molar-refractivity contribution < 1.29 is 0 Å². The Morgan fingerprint density at radius 3 is 2.67 bits per heavy atom. The molecule has 2 rings (SSSR count). The van der Waals surface area contributed by atoms with Gasteiger partial charge in [-0.3, -0.25) is 4.68 Å². The molecule has 1 aliphatic rings. The average molecular weight is 208 g/mol. The Hall–Kier alpha value is -0.900. The number of nitrogens with two attached hydrogens (primary N) is 1. The van der Waals surface area contributed by atoms with Crippen LogP contribution in [0, 0.1) is 5.41 Å². The smallest absolute Gasteiger partial charge is 0.0845 e. The zero-order valence-corrected chi connectivity index (χ0v) is 9.82. The summed E-state index contributed by atoms with van der Waals surface area (Å²) in [5.41, 5.74) is 7.73.